The van der Waals surface area contributed by atoms with Crippen molar-refractivity contribution in [1.29, 1.82) is 0 Å². The lowest BCUT2D eigenvalue weighted by molar-refractivity contribution is -0.205. The maximum absolute atomic E-state index is 14.7. The van der Waals surface area contributed by atoms with Crippen LogP contribution in [0.4, 0.5) is 0 Å². The molecule has 0 unspecified atom stereocenters. The van der Waals surface area contributed by atoms with Crippen LogP contribution in [0.3, 0.4) is 0 Å². The molecule has 8 atom stereocenters. The number of fused-ring (bicyclic) bond motifs is 7. The van der Waals surface area contributed by atoms with Crippen LogP contribution in [0.25, 0.3) is 0 Å². The first kappa shape index (κ1) is 33.3. The molecule has 0 bridgehead atoms. The van der Waals surface area contributed by atoms with Crippen molar-refractivity contribution in [3.63, 3.8) is 0 Å². The van der Waals surface area contributed by atoms with E-state index in [1.165, 1.54) is 12.8 Å². The number of carbonyl (C=O) groups excluding carboxylic acids is 2. The molecule has 1 amide bonds. The molecule has 2 heterocycles. The van der Waals surface area contributed by atoms with E-state index in [1.807, 2.05) is 0 Å². The average molecular weight is 644 g/mol. The van der Waals surface area contributed by atoms with Gasteiger partial charge in [-0.05, 0) is 123 Å². The number of nitrogens with zero attached hydrogens (tertiary/aromatic N) is 3. The summed E-state index contributed by atoms with van der Waals surface area (Å²) in [6.07, 6.45) is 16.9. The lowest BCUT2D eigenvalue weighted by Crippen LogP contribution is -2.66. The number of likely N-dealkylation sites (N-methyl/N-ethyl adjacent to an activating group) is 1. The largest absolute Gasteiger partial charge is 0.458 e. The molecule has 0 aromatic carbocycles. The highest BCUT2D eigenvalue weighted by molar-refractivity contribution is 5.89. The van der Waals surface area contributed by atoms with Crippen molar-refractivity contribution < 1.29 is 14.3 Å². The summed E-state index contributed by atoms with van der Waals surface area (Å²) < 4.78 is 6.29. The van der Waals surface area contributed by atoms with Crippen molar-refractivity contribution in [3.8, 4) is 0 Å². The van der Waals surface area contributed by atoms with Gasteiger partial charge >= 0.3 is 5.97 Å². The topological polar surface area (TPSA) is 62.7 Å². The summed E-state index contributed by atoms with van der Waals surface area (Å²) in [6, 6.07) is 3.61. The van der Waals surface area contributed by atoms with E-state index in [-0.39, 0.29) is 44.6 Å². The Bertz CT molecular complexity index is 1430. The molecular formula is C41H61N3O3. The second kappa shape index (κ2) is 11.2. The first-order valence-corrected chi connectivity index (χ1v) is 18.9. The molecule has 5 aliphatic carbocycles. The second-order valence-corrected chi connectivity index (χ2v) is 19.0. The van der Waals surface area contributed by atoms with Gasteiger partial charge in [-0.2, -0.15) is 0 Å². The van der Waals surface area contributed by atoms with Crippen molar-refractivity contribution >= 4 is 11.9 Å². The molecule has 1 aliphatic heterocycles. The summed E-state index contributed by atoms with van der Waals surface area (Å²) in [5, 5.41) is 0. The molecule has 1 saturated heterocycles. The number of pyridine rings is 1. The summed E-state index contributed by atoms with van der Waals surface area (Å²) in [4.78, 5) is 36.6. The number of hydrogen-bond donors (Lipinski definition) is 0. The van der Waals surface area contributed by atoms with Crippen LogP contribution >= 0.6 is 0 Å². The molecule has 6 nitrogen and oxygen atoms in total. The lowest BCUT2D eigenvalue weighted by atomic mass is 9.33. The minimum Gasteiger partial charge on any atom is -0.458 e. The van der Waals surface area contributed by atoms with E-state index in [0.29, 0.717) is 29.2 Å². The van der Waals surface area contributed by atoms with Gasteiger partial charge in [-0.25, -0.2) is 4.79 Å². The van der Waals surface area contributed by atoms with Crippen LogP contribution < -0.4 is 0 Å². The van der Waals surface area contributed by atoms with Gasteiger partial charge in [0.15, 0.2) is 0 Å². The maximum atomic E-state index is 14.7. The van der Waals surface area contributed by atoms with Crippen molar-refractivity contribution in [2.75, 3.05) is 33.2 Å². The third-order valence-electron chi connectivity index (χ3n) is 15.9. The molecule has 0 radical (unpaired) electrons. The Balaban J connectivity index is 1.19. The number of rotatable bonds is 3. The predicted octanol–water partition coefficient (Wildman–Crippen LogP) is 8.18. The van der Waals surface area contributed by atoms with Crippen LogP contribution in [0.15, 0.2) is 36.2 Å². The molecule has 5 fully saturated rings. The standard InChI is InChI=1S/C41H61N3O3/c1-36(2)17-19-41(35(46)44-24-22-43(8)23-25-44)20-18-39(6)29(30(41)26-36)11-12-32-38(5)15-14-33(47-34(45)28-10-9-21-42-27-28)37(3,4)31(38)13-16-40(32,39)7/h9-11,21,27,30-33H,12-20,22-26H2,1-8H3/t30-,31-,32+,33-,38-,39+,40+,41-/m0/s1. The SMILES string of the molecule is CN1CCN(C(=O)[C@]23CCC(C)(C)C[C@H]2C2=CC[C@@H]4[C@@]5(C)CC[C@H](OC(=O)c6cccnc6)C(C)(C)[C@@H]5CC[C@@]4(C)[C@]2(C)CC3)CC1. The van der Waals surface area contributed by atoms with Gasteiger partial charge < -0.3 is 14.5 Å². The molecule has 1 aromatic rings. The number of aromatic nitrogens is 1. The van der Waals surface area contributed by atoms with E-state index >= 15 is 0 Å². The fraction of sp³-hybridized carbons (Fsp3) is 0.780. The van der Waals surface area contributed by atoms with Gasteiger partial charge in [0.2, 0.25) is 5.91 Å². The fourth-order valence-electron chi connectivity index (χ4n) is 12.8. The van der Waals surface area contributed by atoms with Crippen LogP contribution in [0.1, 0.15) is 123 Å². The summed E-state index contributed by atoms with van der Waals surface area (Å²) in [7, 11) is 2.18. The van der Waals surface area contributed by atoms with Crippen molar-refractivity contribution in [2.45, 2.75) is 119 Å². The minimum absolute atomic E-state index is 0.0942. The number of piperazine rings is 1. The first-order chi connectivity index (χ1) is 22.1. The molecule has 7 rings (SSSR count). The highest BCUT2D eigenvalue weighted by Crippen LogP contribution is 2.76. The third kappa shape index (κ3) is 4.91. The van der Waals surface area contributed by atoms with Crippen LogP contribution in [0, 0.1) is 50.2 Å². The second-order valence-electron chi connectivity index (χ2n) is 19.0. The number of hydrogen-bond acceptors (Lipinski definition) is 5. The quantitative estimate of drug-likeness (QED) is 0.246. The van der Waals surface area contributed by atoms with Gasteiger partial charge in [-0.1, -0.05) is 60.1 Å². The molecule has 1 aromatic heterocycles. The average Bonchev–Trinajstić information content (AvgIpc) is 3.03. The molecule has 6 heteroatoms. The first-order valence-electron chi connectivity index (χ1n) is 18.9. The van der Waals surface area contributed by atoms with E-state index in [4.69, 9.17) is 4.74 Å². The van der Waals surface area contributed by atoms with E-state index in [0.717, 1.165) is 77.5 Å². The van der Waals surface area contributed by atoms with Crippen molar-refractivity contribution in [3.05, 3.63) is 41.7 Å². The van der Waals surface area contributed by atoms with Gasteiger partial charge in [0.05, 0.1) is 11.0 Å². The minimum atomic E-state index is -0.245. The van der Waals surface area contributed by atoms with Crippen LogP contribution in [-0.4, -0.2) is 66.0 Å². The Hall–Kier alpha value is -2.21. The Kier molecular flexibility index (Phi) is 7.90. The molecule has 258 valence electrons. The summed E-state index contributed by atoms with van der Waals surface area (Å²) in [5.74, 6) is 1.64. The number of carbonyl (C=O) groups is 2. The Morgan fingerprint density at radius 1 is 0.872 bits per heavy atom. The molecular weight excluding hydrogens is 582 g/mol. The molecule has 4 saturated carbocycles. The van der Waals surface area contributed by atoms with Gasteiger partial charge in [0.1, 0.15) is 6.10 Å². The fourth-order valence-corrected chi connectivity index (χ4v) is 12.8. The Morgan fingerprint density at radius 2 is 1.60 bits per heavy atom. The van der Waals surface area contributed by atoms with E-state index < -0.39 is 0 Å². The number of ether oxygens (including phenoxy) is 1. The highest BCUT2D eigenvalue weighted by Gasteiger charge is 2.69. The van der Waals surface area contributed by atoms with Gasteiger partial charge in [0.25, 0.3) is 0 Å². The molecule has 0 N–H and O–H groups in total. The van der Waals surface area contributed by atoms with Crippen molar-refractivity contribution in [2.24, 2.45) is 50.2 Å². The predicted molar refractivity (Wildman–Crippen MR) is 187 cm³/mol. The van der Waals surface area contributed by atoms with Gasteiger partial charge in [-0.15, -0.1) is 0 Å². The summed E-state index contributed by atoms with van der Waals surface area (Å²) in [6.45, 7) is 21.2. The zero-order valence-corrected chi connectivity index (χ0v) is 30.7. The lowest BCUT2D eigenvalue weighted by Gasteiger charge is -2.71. The van der Waals surface area contributed by atoms with Crippen molar-refractivity contribution in [1.82, 2.24) is 14.8 Å². The van der Waals surface area contributed by atoms with Crippen LogP contribution in [0.2, 0.25) is 0 Å². The summed E-state index contributed by atoms with van der Waals surface area (Å²) in [5.41, 5.74) is 2.56. The number of esters is 1. The van der Waals surface area contributed by atoms with E-state index in [2.05, 4.69) is 76.4 Å². The molecule has 6 aliphatic rings. The van der Waals surface area contributed by atoms with Gasteiger partial charge in [-0.3, -0.25) is 9.78 Å². The Morgan fingerprint density at radius 3 is 2.30 bits per heavy atom. The number of amides is 1. The highest BCUT2D eigenvalue weighted by atomic mass is 16.5. The smallest absolute Gasteiger partial charge is 0.339 e. The zero-order valence-electron chi connectivity index (χ0n) is 30.7. The van der Waals surface area contributed by atoms with E-state index in [9.17, 15) is 9.59 Å². The molecule has 0 spiro atoms. The maximum Gasteiger partial charge on any atom is 0.339 e. The molecule has 47 heavy (non-hydrogen) atoms. The number of allylic oxidation sites excluding steroid dienone is 2. The van der Waals surface area contributed by atoms with E-state index in [1.54, 1.807) is 30.1 Å². The Labute approximate surface area is 284 Å². The monoisotopic (exact) mass is 643 g/mol. The third-order valence-corrected chi connectivity index (χ3v) is 15.9. The van der Waals surface area contributed by atoms with Gasteiger partial charge in [0, 0.05) is 44.0 Å². The van der Waals surface area contributed by atoms with Crippen LogP contribution in [0.5, 0.6) is 0 Å². The zero-order chi connectivity index (χ0) is 33.6. The summed E-state index contributed by atoms with van der Waals surface area (Å²) >= 11 is 0. The van der Waals surface area contributed by atoms with Crippen LogP contribution in [-0.2, 0) is 9.53 Å². The normalized spacial score (nSPS) is 42.6.